The van der Waals surface area contributed by atoms with E-state index >= 15 is 0 Å². The van der Waals surface area contributed by atoms with Crippen LogP contribution in [-0.4, -0.2) is 41.2 Å². The number of hydrogen-bond acceptors (Lipinski definition) is 4. The minimum absolute atomic E-state index is 0.139. The Bertz CT molecular complexity index is 878. The quantitative estimate of drug-likeness (QED) is 0.521. The molecule has 2 rings (SSSR count). The Morgan fingerprint density at radius 1 is 1.00 bits per heavy atom. The van der Waals surface area contributed by atoms with Crippen LogP contribution >= 0.6 is 0 Å². The van der Waals surface area contributed by atoms with Gasteiger partial charge in [0, 0.05) is 18.0 Å². The lowest BCUT2D eigenvalue weighted by molar-refractivity contribution is -0.141. The average molecular weight is 413 g/mol. The van der Waals surface area contributed by atoms with Gasteiger partial charge in [-0.1, -0.05) is 49.4 Å². The fourth-order valence-corrected chi connectivity index (χ4v) is 3.23. The summed E-state index contributed by atoms with van der Waals surface area (Å²) in [5.41, 5.74) is 2.89. The zero-order chi connectivity index (χ0) is 22.1. The predicted molar refractivity (Wildman–Crippen MR) is 112 cm³/mol. The molecule has 2 aromatic carbocycles. The zero-order valence-corrected chi connectivity index (χ0v) is 17.1. The predicted octanol–water partition coefficient (Wildman–Crippen LogP) is 3.37. The summed E-state index contributed by atoms with van der Waals surface area (Å²) in [6, 6.07) is 15.1. The molecule has 0 aromatic heterocycles. The molecule has 0 saturated carbocycles. The van der Waals surface area contributed by atoms with E-state index in [4.69, 9.17) is 9.84 Å². The minimum atomic E-state index is -1.05. The van der Waals surface area contributed by atoms with Crippen molar-refractivity contribution in [2.45, 2.75) is 38.6 Å². The maximum atomic E-state index is 12.1. The second-order valence-corrected chi connectivity index (χ2v) is 7.23. The number of aliphatic carboxylic acids is 2. The van der Waals surface area contributed by atoms with Crippen molar-refractivity contribution in [2.24, 2.45) is 5.92 Å². The zero-order valence-electron chi connectivity index (χ0n) is 17.1. The van der Waals surface area contributed by atoms with Gasteiger partial charge in [-0.2, -0.15) is 0 Å². The summed E-state index contributed by atoms with van der Waals surface area (Å²) in [5.74, 6) is -2.25. The molecule has 0 heterocycles. The Kier molecular flexibility index (Phi) is 8.41. The van der Waals surface area contributed by atoms with Gasteiger partial charge in [-0.05, 0) is 30.0 Å². The van der Waals surface area contributed by atoms with E-state index in [1.165, 1.54) is 0 Å². The van der Waals surface area contributed by atoms with Crippen molar-refractivity contribution in [3.05, 3.63) is 54.1 Å². The van der Waals surface area contributed by atoms with Crippen molar-refractivity contribution < 1.29 is 29.3 Å². The van der Waals surface area contributed by atoms with E-state index in [9.17, 15) is 19.5 Å². The standard InChI is InChI=1S/C23H27NO6/c1-15(23(28)29)13-18(24-21(25)11-12-22(26)27)14-16-7-9-17(10-8-16)19-5-3-4-6-20(19)30-2/h3-10,15,18H,11-14H2,1-2H3,(H,24,25)(H,26,27)(H,28,29). The normalized spacial score (nSPS) is 12.6. The summed E-state index contributed by atoms with van der Waals surface area (Å²) in [6.45, 7) is 1.59. The molecule has 2 unspecified atom stereocenters. The number of para-hydroxylation sites is 1. The van der Waals surface area contributed by atoms with Crippen molar-refractivity contribution in [3.63, 3.8) is 0 Å². The van der Waals surface area contributed by atoms with Crippen LogP contribution in [0.3, 0.4) is 0 Å². The van der Waals surface area contributed by atoms with Gasteiger partial charge in [-0.15, -0.1) is 0 Å². The Hall–Kier alpha value is -3.35. The molecule has 0 fully saturated rings. The molecular formula is C23H27NO6. The highest BCUT2D eigenvalue weighted by molar-refractivity contribution is 5.81. The highest BCUT2D eigenvalue weighted by Gasteiger charge is 2.21. The van der Waals surface area contributed by atoms with E-state index in [0.717, 1.165) is 22.4 Å². The smallest absolute Gasteiger partial charge is 0.306 e. The van der Waals surface area contributed by atoms with Crippen LogP contribution in [0.25, 0.3) is 11.1 Å². The summed E-state index contributed by atoms with van der Waals surface area (Å²) in [7, 11) is 1.62. The second-order valence-electron chi connectivity index (χ2n) is 7.23. The van der Waals surface area contributed by atoms with Gasteiger partial charge < -0.3 is 20.3 Å². The van der Waals surface area contributed by atoms with Gasteiger partial charge in [0.25, 0.3) is 0 Å². The summed E-state index contributed by atoms with van der Waals surface area (Å²) in [4.78, 5) is 34.0. The number of hydrogen-bond donors (Lipinski definition) is 3. The van der Waals surface area contributed by atoms with Gasteiger partial charge in [-0.25, -0.2) is 0 Å². The molecule has 0 saturated heterocycles. The van der Waals surface area contributed by atoms with E-state index in [2.05, 4.69) is 5.32 Å². The first-order chi connectivity index (χ1) is 14.3. The number of carboxylic acids is 2. The van der Waals surface area contributed by atoms with Gasteiger partial charge in [0.1, 0.15) is 5.75 Å². The summed E-state index contributed by atoms with van der Waals surface area (Å²) < 4.78 is 5.40. The molecule has 2 atom stereocenters. The average Bonchev–Trinajstić information content (AvgIpc) is 2.72. The van der Waals surface area contributed by atoms with E-state index < -0.39 is 29.8 Å². The van der Waals surface area contributed by atoms with Crippen LogP contribution in [0.2, 0.25) is 0 Å². The lowest BCUT2D eigenvalue weighted by Gasteiger charge is -2.21. The first-order valence-electron chi connectivity index (χ1n) is 9.76. The molecule has 0 aliphatic heterocycles. The monoisotopic (exact) mass is 413 g/mol. The number of carbonyl (C=O) groups excluding carboxylic acids is 1. The molecule has 0 radical (unpaired) electrons. The first kappa shape index (κ1) is 22.9. The van der Waals surface area contributed by atoms with Crippen LogP contribution in [0, 0.1) is 5.92 Å². The van der Waals surface area contributed by atoms with Crippen molar-refractivity contribution in [1.29, 1.82) is 0 Å². The van der Waals surface area contributed by atoms with Crippen LogP contribution in [0.1, 0.15) is 31.7 Å². The number of rotatable bonds is 11. The highest BCUT2D eigenvalue weighted by Crippen LogP contribution is 2.29. The molecule has 0 aliphatic rings. The topological polar surface area (TPSA) is 113 Å². The highest BCUT2D eigenvalue weighted by atomic mass is 16.5. The fraction of sp³-hybridized carbons (Fsp3) is 0.348. The molecule has 0 bridgehead atoms. The molecule has 1 amide bonds. The molecular weight excluding hydrogens is 386 g/mol. The third kappa shape index (κ3) is 6.92. The van der Waals surface area contributed by atoms with Crippen LogP contribution in [0.4, 0.5) is 0 Å². The number of nitrogens with one attached hydrogen (secondary N) is 1. The number of methoxy groups -OCH3 is 1. The van der Waals surface area contributed by atoms with E-state index in [1.54, 1.807) is 14.0 Å². The lowest BCUT2D eigenvalue weighted by Crippen LogP contribution is -2.38. The third-order valence-electron chi connectivity index (χ3n) is 4.84. The number of carbonyl (C=O) groups is 3. The first-order valence-corrected chi connectivity index (χ1v) is 9.76. The lowest BCUT2D eigenvalue weighted by atomic mass is 9.94. The van der Waals surface area contributed by atoms with Gasteiger partial charge in [0.15, 0.2) is 0 Å². The SMILES string of the molecule is COc1ccccc1-c1ccc(CC(CC(C)C(=O)O)NC(=O)CCC(=O)O)cc1. The third-order valence-corrected chi connectivity index (χ3v) is 4.84. The van der Waals surface area contributed by atoms with Gasteiger partial charge in [-0.3, -0.25) is 14.4 Å². The van der Waals surface area contributed by atoms with Crippen molar-refractivity contribution in [1.82, 2.24) is 5.32 Å². The number of carboxylic acid groups (broad SMARTS) is 2. The van der Waals surface area contributed by atoms with E-state index in [0.29, 0.717) is 6.42 Å². The van der Waals surface area contributed by atoms with Gasteiger partial charge >= 0.3 is 11.9 Å². The number of benzene rings is 2. The minimum Gasteiger partial charge on any atom is -0.496 e. The van der Waals surface area contributed by atoms with E-state index in [1.807, 2.05) is 48.5 Å². The molecule has 3 N–H and O–H groups in total. The van der Waals surface area contributed by atoms with E-state index in [-0.39, 0.29) is 19.3 Å². The molecule has 7 heteroatoms. The van der Waals surface area contributed by atoms with Crippen LogP contribution < -0.4 is 10.1 Å². The molecule has 2 aromatic rings. The maximum Gasteiger partial charge on any atom is 0.306 e. The second kappa shape index (κ2) is 11.0. The molecule has 0 aliphatic carbocycles. The van der Waals surface area contributed by atoms with Gasteiger partial charge in [0.2, 0.25) is 5.91 Å². The van der Waals surface area contributed by atoms with Crippen molar-refractivity contribution >= 4 is 17.8 Å². The summed E-state index contributed by atoms with van der Waals surface area (Å²) in [6.07, 6.45) is 0.297. The Morgan fingerprint density at radius 2 is 1.67 bits per heavy atom. The Balaban J connectivity index is 2.12. The molecule has 0 spiro atoms. The molecule has 160 valence electrons. The number of ether oxygens (including phenoxy) is 1. The Labute approximate surface area is 175 Å². The number of amides is 1. The van der Waals surface area contributed by atoms with Crippen molar-refractivity contribution in [2.75, 3.05) is 7.11 Å². The largest absolute Gasteiger partial charge is 0.496 e. The van der Waals surface area contributed by atoms with Crippen molar-refractivity contribution in [3.8, 4) is 16.9 Å². The molecule has 7 nitrogen and oxygen atoms in total. The Morgan fingerprint density at radius 3 is 2.27 bits per heavy atom. The molecule has 30 heavy (non-hydrogen) atoms. The fourth-order valence-electron chi connectivity index (χ4n) is 3.23. The summed E-state index contributed by atoms with van der Waals surface area (Å²) >= 11 is 0. The van der Waals surface area contributed by atoms with Crippen LogP contribution in [0.15, 0.2) is 48.5 Å². The van der Waals surface area contributed by atoms with Crippen LogP contribution in [0.5, 0.6) is 5.75 Å². The maximum absolute atomic E-state index is 12.1. The van der Waals surface area contributed by atoms with Crippen LogP contribution in [-0.2, 0) is 20.8 Å². The summed E-state index contributed by atoms with van der Waals surface area (Å²) in [5, 5.41) is 20.7. The van der Waals surface area contributed by atoms with Gasteiger partial charge in [0.05, 0.1) is 19.4 Å².